The van der Waals surface area contributed by atoms with E-state index in [4.69, 9.17) is 6.42 Å². The number of hydrogen-bond donors (Lipinski definition) is 2. The number of hydrogen-bond acceptors (Lipinski definition) is 2. The molecule has 0 aliphatic heterocycles. The molecule has 1 aromatic carbocycles. The topological polar surface area (TPSA) is 41.1 Å². The van der Waals surface area contributed by atoms with Gasteiger partial charge in [-0.05, 0) is 24.6 Å². The second-order valence-electron chi connectivity index (χ2n) is 3.97. The van der Waals surface area contributed by atoms with Crippen LogP contribution >= 0.6 is 0 Å². The summed E-state index contributed by atoms with van der Waals surface area (Å²) in [7, 11) is 1.62. The Labute approximate surface area is 103 Å². The summed E-state index contributed by atoms with van der Waals surface area (Å²) in [5, 5.41) is 5.91. The van der Waals surface area contributed by atoms with Gasteiger partial charge in [-0.1, -0.05) is 12.1 Å². The molecule has 1 rings (SSSR count). The first-order chi connectivity index (χ1) is 8.17. The van der Waals surface area contributed by atoms with E-state index >= 15 is 0 Å². The molecule has 1 aromatic rings. The Morgan fingerprint density at radius 2 is 2.06 bits per heavy atom. The van der Waals surface area contributed by atoms with Crippen LogP contribution in [0.5, 0.6) is 0 Å². The molecule has 0 aliphatic rings. The van der Waals surface area contributed by atoms with Crippen molar-refractivity contribution in [3.05, 3.63) is 35.4 Å². The summed E-state index contributed by atoms with van der Waals surface area (Å²) in [6, 6.07) is 7.84. The van der Waals surface area contributed by atoms with Gasteiger partial charge in [-0.25, -0.2) is 0 Å². The summed E-state index contributed by atoms with van der Waals surface area (Å²) >= 11 is 0. The molecule has 1 unspecified atom stereocenters. The van der Waals surface area contributed by atoms with Crippen molar-refractivity contribution in [3.8, 4) is 12.3 Å². The molecule has 0 bridgehead atoms. The van der Waals surface area contributed by atoms with Crippen LogP contribution in [0.2, 0.25) is 0 Å². The number of terminal acetylenes is 1. The molecule has 2 N–H and O–H groups in total. The van der Waals surface area contributed by atoms with Crippen molar-refractivity contribution in [3.63, 3.8) is 0 Å². The lowest BCUT2D eigenvalue weighted by Gasteiger charge is -2.10. The first kappa shape index (κ1) is 13.3. The minimum Gasteiger partial charge on any atom is -0.355 e. The number of rotatable bonds is 5. The highest BCUT2D eigenvalue weighted by atomic mass is 16.1. The SMILES string of the molecule is C#CCC(C)NCc1ccc(C(=O)NC)cc1. The molecular formula is C14H18N2O. The van der Waals surface area contributed by atoms with E-state index in [0.717, 1.165) is 18.5 Å². The average Bonchev–Trinajstić information content (AvgIpc) is 2.36. The molecule has 1 amide bonds. The summed E-state index contributed by atoms with van der Waals surface area (Å²) in [5.41, 5.74) is 1.81. The zero-order valence-corrected chi connectivity index (χ0v) is 10.3. The van der Waals surface area contributed by atoms with E-state index in [1.54, 1.807) is 7.05 Å². The van der Waals surface area contributed by atoms with E-state index in [9.17, 15) is 4.79 Å². The van der Waals surface area contributed by atoms with E-state index in [-0.39, 0.29) is 5.91 Å². The summed E-state index contributed by atoms with van der Waals surface area (Å²) in [6.07, 6.45) is 5.95. The fraction of sp³-hybridized carbons (Fsp3) is 0.357. The molecule has 0 saturated carbocycles. The summed E-state index contributed by atoms with van der Waals surface area (Å²) < 4.78 is 0. The van der Waals surface area contributed by atoms with E-state index < -0.39 is 0 Å². The van der Waals surface area contributed by atoms with Crippen molar-refractivity contribution in [1.29, 1.82) is 0 Å². The summed E-state index contributed by atoms with van der Waals surface area (Å²) in [4.78, 5) is 11.3. The fourth-order valence-corrected chi connectivity index (χ4v) is 1.46. The lowest BCUT2D eigenvalue weighted by Crippen LogP contribution is -2.25. The molecule has 0 saturated heterocycles. The van der Waals surface area contributed by atoms with Crippen molar-refractivity contribution >= 4 is 5.91 Å². The van der Waals surface area contributed by atoms with Gasteiger partial charge in [0.05, 0.1) is 0 Å². The van der Waals surface area contributed by atoms with Gasteiger partial charge in [0, 0.05) is 31.6 Å². The van der Waals surface area contributed by atoms with Crippen molar-refractivity contribution < 1.29 is 4.79 Å². The fourth-order valence-electron chi connectivity index (χ4n) is 1.46. The minimum atomic E-state index is -0.0646. The Balaban J connectivity index is 2.51. The molecule has 0 aliphatic carbocycles. The van der Waals surface area contributed by atoms with Crippen LogP contribution in [0.3, 0.4) is 0 Å². The number of carbonyl (C=O) groups excluding carboxylic acids is 1. The van der Waals surface area contributed by atoms with Gasteiger partial charge in [-0.15, -0.1) is 12.3 Å². The Morgan fingerprint density at radius 3 is 2.59 bits per heavy atom. The van der Waals surface area contributed by atoms with E-state index in [0.29, 0.717) is 11.6 Å². The molecule has 3 heteroatoms. The zero-order valence-electron chi connectivity index (χ0n) is 10.3. The molecule has 0 spiro atoms. The molecule has 90 valence electrons. The Bertz CT molecular complexity index is 403. The maximum atomic E-state index is 11.3. The van der Waals surface area contributed by atoms with Crippen LogP contribution < -0.4 is 10.6 Å². The minimum absolute atomic E-state index is 0.0646. The molecule has 0 heterocycles. The van der Waals surface area contributed by atoms with Crippen molar-refractivity contribution in [2.75, 3.05) is 7.05 Å². The lowest BCUT2D eigenvalue weighted by molar-refractivity contribution is 0.0963. The third-order valence-corrected chi connectivity index (χ3v) is 2.52. The standard InChI is InChI=1S/C14H18N2O/c1-4-5-11(2)16-10-12-6-8-13(9-7-12)14(17)15-3/h1,6-9,11,16H,5,10H2,2-3H3,(H,15,17). The molecular weight excluding hydrogens is 212 g/mol. The number of benzene rings is 1. The maximum Gasteiger partial charge on any atom is 0.251 e. The predicted molar refractivity (Wildman–Crippen MR) is 69.6 cm³/mol. The van der Waals surface area contributed by atoms with Crippen molar-refractivity contribution in [2.24, 2.45) is 0 Å². The van der Waals surface area contributed by atoms with Crippen molar-refractivity contribution in [2.45, 2.75) is 25.9 Å². The first-order valence-electron chi connectivity index (χ1n) is 5.65. The van der Waals surface area contributed by atoms with Crippen LogP contribution in [0, 0.1) is 12.3 Å². The zero-order chi connectivity index (χ0) is 12.7. The number of amides is 1. The van der Waals surface area contributed by atoms with Crippen molar-refractivity contribution in [1.82, 2.24) is 10.6 Å². The molecule has 0 aromatic heterocycles. The molecule has 0 fully saturated rings. The Morgan fingerprint density at radius 1 is 1.41 bits per heavy atom. The lowest BCUT2D eigenvalue weighted by atomic mass is 10.1. The van der Waals surface area contributed by atoms with Gasteiger partial charge in [0.25, 0.3) is 5.91 Å². The number of nitrogens with one attached hydrogen (secondary N) is 2. The summed E-state index contributed by atoms with van der Waals surface area (Å²) in [6.45, 7) is 2.82. The molecule has 0 radical (unpaired) electrons. The largest absolute Gasteiger partial charge is 0.355 e. The highest BCUT2D eigenvalue weighted by Gasteiger charge is 2.03. The van der Waals surface area contributed by atoms with Crippen LogP contribution in [0.1, 0.15) is 29.3 Å². The molecule has 17 heavy (non-hydrogen) atoms. The van der Waals surface area contributed by atoms with Gasteiger partial charge < -0.3 is 10.6 Å². The van der Waals surface area contributed by atoms with Crippen LogP contribution in [0.4, 0.5) is 0 Å². The van der Waals surface area contributed by atoms with Gasteiger partial charge in [-0.3, -0.25) is 4.79 Å². The van der Waals surface area contributed by atoms with E-state index in [1.807, 2.05) is 24.3 Å². The van der Waals surface area contributed by atoms with Crippen LogP contribution in [0.25, 0.3) is 0 Å². The van der Waals surface area contributed by atoms with Gasteiger partial charge >= 0.3 is 0 Å². The normalized spacial score (nSPS) is 11.6. The Kier molecular flexibility index (Phi) is 5.25. The highest BCUT2D eigenvalue weighted by Crippen LogP contribution is 2.04. The Hall–Kier alpha value is -1.79. The second kappa shape index (κ2) is 6.72. The van der Waals surface area contributed by atoms with Crippen LogP contribution in [0.15, 0.2) is 24.3 Å². The maximum absolute atomic E-state index is 11.3. The van der Waals surface area contributed by atoms with Gasteiger partial charge in [0.1, 0.15) is 0 Å². The van der Waals surface area contributed by atoms with Gasteiger partial charge in [0.2, 0.25) is 0 Å². The highest BCUT2D eigenvalue weighted by molar-refractivity contribution is 5.93. The third-order valence-electron chi connectivity index (χ3n) is 2.52. The van der Waals surface area contributed by atoms with Gasteiger partial charge in [-0.2, -0.15) is 0 Å². The molecule has 1 atom stereocenters. The predicted octanol–water partition coefficient (Wildman–Crippen LogP) is 1.55. The van der Waals surface area contributed by atoms with Crippen LogP contribution in [-0.4, -0.2) is 19.0 Å². The second-order valence-corrected chi connectivity index (χ2v) is 3.97. The third kappa shape index (κ3) is 4.29. The van der Waals surface area contributed by atoms with E-state index in [2.05, 4.69) is 23.5 Å². The van der Waals surface area contributed by atoms with Crippen LogP contribution in [-0.2, 0) is 6.54 Å². The van der Waals surface area contributed by atoms with E-state index in [1.165, 1.54) is 0 Å². The first-order valence-corrected chi connectivity index (χ1v) is 5.65. The number of carbonyl (C=O) groups is 1. The summed E-state index contributed by atoms with van der Waals surface area (Å²) in [5.74, 6) is 2.56. The smallest absolute Gasteiger partial charge is 0.251 e. The average molecular weight is 230 g/mol. The van der Waals surface area contributed by atoms with Gasteiger partial charge in [0.15, 0.2) is 0 Å². The quantitative estimate of drug-likeness (QED) is 0.753. The monoisotopic (exact) mass is 230 g/mol. The molecule has 3 nitrogen and oxygen atoms in total.